The Hall–Kier alpha value is -0.860. The van der Waals surface area contributed by atoms with Crippen molar-refractivity contribution in [2.45, 2.75) is 52.1 Å². The molecule has 0 N–H and O–H groups in total. The highest BCUT2D eigenvalue weighted by atomic mass is 15.3. The first-order chi connectivity index (χ1) is 9.72. The summed E-state index contributed by atoms with van der Waals surface area (Å²) >= 11 is 0. The van der Waals surface area contributed by atoms with Gasteiger partial charge in [0.1, 0.15) is 0 Å². The van der Waals surface area contributed by atoms with Crippen molar-refractivity contribution in [2.75, 3.05) is 26.2 Å². The van der Waals surface area contributed by atoms with Crippen molar-refractivity contribution in [3.8, 4) is 0 Å². The normalized spacial score (nSPS) is 22.5. The summed E-state index contributed by atoms with van der Waals surface area (Å²) in [5.41, 5.74) is 4.34. The van der Waals surface area contributed by atoms with Gasteiger partial charge in [0.15, 0.2) is 0 Å². The molecule has 3 rings (SSSR count). The molecule has 2 nitrogen and oxygen atoms in total. The van der Waals surface area contributed by atoms with Crippen molar-refractivity contribution in [1.29, 1.82) is 0 Å². The van der Waals surface area contributed by atoms with Crippen LogP contribution in [0.5, 0.6) is 0 Å². The molecule has 2 heteroatoms. The Bertz CT molecular complexity index is 441. The SMILES string of the molecule is Cc1ccc(C)c(CN2CCN(C3CCCC3)CC2)c1. The molecule has 1 aliphatic carbocycles. The number of benzene rings is 1. The van der Waals surface area contributed by atoms with E-state index in [0.717, 1.165) is 12.6 Å². The van der Waals surface area contributed by atoms with E-state index in [2.05, 4.69) is 41.8 Å². The van der Waals surface area contributed by atoms with Gasteiger partial charge in [-0.15, -0.1) is 0 Å². The monoisotopic (exact) mass is 272 g/mol. The minimum Gasteiger partial charge on any atom is -0.298 e. The van der Waals surface area contributed by atoms with Gasteiger partial charge in [0.25, 0.3) is 0 Å². The van der Waals surface area contributed by atoms with E-state index in [-0.39, 0.29) is 0 Å². The Morgan fingerprint density at radius 3 is 2.40 bits per heavy atom. The van der Waals surface area contributed by atoms with Crippen LogP contribution in [0.2, 0.25) is 0 Å². The summed E-state index contributed by atoms with van der Waals surface area (Å²) in [6.07, 6.45) is 5.79. The van der Waals surface area contributed by atoms with E-state index in [1.807, 2.05) is 0 Å². The largest absolute Gasteiger partial charge is 0.298 e. The lowest BCUT2D eigenvalue weighted by Crippen LogP contribution is -2.49. The van der Waals surface area contributed by atoms with Crippen LogP contribution < -0.4 is 0 Å². The van der Waals surface area contributed by atoms with Gasteiger partial charge in [-0.05, 0) is 37.8 Å². The fraction of sp³-hybridized carbons (Fsp3) is 0.667. The lowest BCUT2D eigenvalue weighted by Gasteiger charge is -2.38. The summed E-state index contributed by atoms with van der Waals surface area (Å²) < 4.78 is 0. The third-order valence-electron chi connectivity index (χ3n) is 5.15. The average molecular weight is 272 g/mol. The number of piperazine rings is 1. The average Bonchev–Trinajstić information content (AvgIpc) is 2.98. The number of rotatable bonds is 3. The molecule has 20 heavy (non-hydrogen) atoms. The highest BCUT2D eigenvalue weighted by Crippen LogP contribution is 2.24. The topological polar surface area (TPSA) is 6.48 Å². The molecular formula is C18H28N2. The Morgan fingerprint density at radius 2 is 1.70 bits per heavy atom. The van der Waals surface area contributed by atoms with Crippen LogP contribution in [0.3, 0.4) is 0 Å². The highest BCUT2D eigenvalue weighted by molar-refractivity contribution is 5.30. The van der Waals surface area contributed by atoms with Crippen LogP contribution in [0.25, 0.3) is 0 Å². The van der Waals surface area contributed by atoms with Crippen LogP contribution in [-0.4, -0.2) is 42.0 Å². The lowest BCUT2D eigenvalue weighted by molar-refractivity contribution is 0.0936. The number of aryl methyl sites for hydroxylation is 2. The maximum atomic E-state index is 2.74. The third kappa shape index (κ3) is 3.24. The summed E-state index contributed by atoms with van der Waals surface area (Å²) in [6.45, 7) is 10.6. The standard InChI is InChI=1S/C18H28N2/c1-15-7-8-16(2)17(13-15)14-19-9-11-20(12-10-19)18-5-3-4-6-18/h7-8,13,18H,3-6,9-12,14H2,1-2H3. The molecule has 0 bridgehead atoms. The zero-order valence-electron chi connectivity index (χ0n) is 13.1. The number of nitrogens with zero attached hydrogens (tertiary/aromatic N) is 2. The molecule has 0 radical (unpaired) electrons. The molecule has 110 valence electrons. The smallest absolute Gasteiger partial charge is 0.0237 e. The molecule has 1 aromatic rings. The van der Waals surface area contributed by atoms with Gasteiger partial charge >= 0.3 is 0 Å². The van der Waals surface area contributed by atoms with Crippen molar-refractivity contribution in [3.63, 3.8) is 0 Å². The Morgan fingerprint density at radius 1 is 1.00 bits per heavy atom. The van der Waals surface area contributed by atoms with Gasteiger partial charge in [0.2, 0.25) is 0 Å². The van der Waals surface area contributed by atoms with Crippen molar-refractivity contribution in [2.24, 2.45) is 0 Å². The van der Waals surface area contributed by atoms with Gasteiger partial charge < -0.3 is 0 Å². The molecule has 0 unspecified atom stereocenters. The minimum atomic E-state index is 0.901. The van der Waals surface area contributed by atoms with Crippen molar-refractivity contribution >= 4 is 0 Å². The fourth-order valence-corrected chi connectivity index (χ4v) is 3.77. The molecule has 1 saturated carbocycles. The maximum Gasteiger partial charge on any atom is 0.0237 e. The molecule has 0 aromatic heterocycles. The predicted molar refractivity (Wildman–Crippen MR) is 85.0 cm³/mol. The van der Waals surface area contributed by atoms with Crippen LogP contribution in [0, 0.1) is 13.8 Å². The summed E-state index contributed by atoms with van der Waals surface area (Å²) in [7, 11) is 0. The summed E-state index contributed by atoms with van der Waals surface area (Å²) in [5, 5.41) is 0. The third-order valence-corrected chi connectivity index (χ3v) is 5.15. The van der Waals surface area contributed by atoms with E-state index < -0.39 is 0 Å². The second-order valence-corrected chi connectivity index (χ2v) is 6.68. The van der Waals surface area contributed by atoms with Crippen LogP contribution in [0.15, 0.2) is 18.2 Å². The summed E-state index contributed by atoms with van der Waals surface area (Å²) in [5.74, 6) is 0. The molecule has 1 heterocycles. The molecule has 1 saturated heterocycles. The van der Waals surface area contributed by atoms with Gasteiger partial charge in [0.05, 0.1) is 0 Å². The van der Waals surface area contributed by atoms with E-state index >= 15 is 0 Å². The first-order valence-corrected chi connectivity index (χ1v) is 8.25. The second-order valence-electron chi connectivity index (χ2n) is 6.68. The second kappa shape index (κ2) is 6.28. The molecule has 0 amide bonds. The Balaban J connectivity index is 1.54. The van der Waals surface area contributed by atoms with Crippen molar-refractivity contribution in [3.05, 3.63) is 34.9 Å². The van der Waals surface area contributed by atoms with Crippen LogP contribution in [-0.2, 0) is 6.54 Å². The van der Waals surface area contributed by atoms with E-state index in [1.54, 1.807) is 0 Å². The first-order valence-electron chi connectivity index (χ1n) is 8.25. The number of hydrogen-bond acceptors (Lipinski definition) is 2. The first kappa shape index (κ1) is 14.1. The van der Waals surface area contributed by atoms with Crippen molar-refractivity contribution in [1.82, 2.24) is 9.80 Å². The van der Waals surface area contributed by atoms with Crippen LogP contribution >= 0.6 is 0 Å². The molecule has 1 aliphatic heterocycles. The van der Waals surface area contributed by atoms with Crippen LogP contribution in [0.4, 0.5) is 0 Å². The Labute approximate surface area is 123 Å². The summed E-state index contributed by atoms with van der Waals surface area (Å²) in [6, 6.07) is 7.74. The Kier molecular flexibility index (Phi) is 4.42. The van der Waals surface area contributed by atoms with Gasteiger partial charge in [-0.2, -0.15) is 0 Å². The predicted octanol–water partition coefficient (Wildman–Crippen LogP) is 3.36. The minimum absolute atomic E-state index is 0.901. The van der Waals surface area contributed by atoms with E-state index in [9.17, 15) is 0 Å². The van der Waals surface area contributed by atoms with Crippen LogP contribution in [0.1, 0.15) is 42.4 Å². The zero-order valence-corrected chi connectivity index (χ0v) is 13.1. The maximum absolute atomic E-state index is 2.74. The van der Waals surface area contributed by atoms with Gasteiger partial charge in [-0.3, -0.25) is 9.80 Å². The zero-order chi connectivity index (χ0) is 13.9. The van der Waals surface area contributed by atoms with Gasteiger partial charge in [-0.1, -0.05) is 36.6 Å². The molecule has 2 aliphatic rings. The van der Waals surface area contributed by atoms with Crippen molar-refractivity contribution < 1.29 is 0 Å². The molecule has 1 aromatic carbocycles. The fourth-order valence-electron chi connectivity index (χ4n) is 3.77. The lowest BCUT2D eigenvalue weighted by atomic mass is 10.0. The molecular weight excluding hydrogens is 244 g/mol. The van der Waals surface area contributed by atoms with Gasteiger partial charge in [0, 0.05) is 38.8 Å². The molecule has 0 spiro atoms. The highest BCUT2D eigenvalue weighted by Gasteiger charge is 2.26. The number of hydrogen-bond donors (Lipinski definition) is 0. The van der Waals surface area contributed by atoms with E-state index in [0.29, 0.717) is 0 Å². The van der Waals surface area contributed by atoms with E-state index in [1.165, 1.54) is 68.6 Å². The van der Waals surface area contributed by atoms with E-state index in [4.69, 9.17) is 0 Å². The molecule has 0 atom stereocenters. The summed E-state index contributed by atoms with van der Waals surface area (Å²) in [4.78, 5) is 5.37. The van der Waals surface area contributed by atoms with Gasteiger partial charge in [-0.25, -0.2) is 0 Å². The molecule has 2 fully saturated rings. The quantitative estimate of drug-likeness (QED) is 0.832.